The number of nitrogens with zero attached hydrogens (tertiary/aromatic N) is 2. The van der Waals surface area contributed by atoms with Gasteiger partial charge in [0.15, 0.2) is 5.96 Å². The van der Waals surface area contributed by atoms with Gasteiger partial charge in [0, 0.05) is 18.6 Å². The molecular formula is C15H16ClN3. The van der Waals surface area contributed by atoms with Gasteiger partial charge in [0.1, 0.15) is 0 Å². The normalized spacial score (nSPS) is 11.4. The fraction of sp³-hybridized carbons (Fsp3) is 0.133. The molecule has 0 heterocycles. The van der Waals surface area contributed by atoms with Crippen LogP contribution in [0.15, 0.2) is 59.6 Å². The first-order valence-electron chi connectivity index (χ1n) is 6.00. The predicted octanol–water partition coefficient (Wildman–Crippen LogP) is 3.42. The lowest BCUT2D eigenvalue weighted by molar-refractivity contribution is 0.495. The largest absolute Gasteiger partial charge is 0.369 e. The highest BCUT2D eigenvalue weighted by molar-refractivity contribution is 6.30. The smallest absolute Gasteiger partial charge is 0.196 e. The number of halogens is 1. The van der Waals surface area contributed by atoms with E-state index in [0.29, 0.717) is 12.5 Å². The second kappa shape index (κ2) is 6.25. The van der Waals surface area contributed by atoms with E-state index in [0.717, 1.165) is 16.3 Å². The summed E-state index contributed by atoms with van der Waals surface area (Å²) in [6, 6.07) is 17.4. The number of guanidine groups is 1. The Hall–Kier alpha value is -2.00. The van der Waals surface area contributed by atoms with Gasteiger partial charge in [-0.15, -0.1) is 0 Å². The lowest BCUT2D eigenvalue weighted by Gasteiger charge is -2.18. The zero-order valence-corrected chi connectivity index (χ0v) is 11.5. The van der Waals surface area contributed by atoms with Gasteiger partial charge in [-0.05, 0) is 29.8 Å². The maximum absolute atomic E-state index is 5.98. The Balaban J connectivity index is 2.07. The summed E-state index contributed by atoms with van der Waals surface area (Å²) < 4.78 is 0. The van der Waals surface area contributed by atoms with Gasteiger partial charge in [-0.2, -0.15) is 0 Å². The van der Waals surface area contributed by atoms with Crippen LogP contribution in [0, 0.1) is 0 Å². The minimum atomic E-state index is 0.478. The van der Waals surface area contributed by atoms with Crippen molar-refractivity contribution in [3.63, 3.8) is 0 Å². The molecule has 4 heteroatoms. The van der Waals surface area contributed by atoms with Crippen molar-refractivity contribution in [2.75, 3.05) is 7.05 Å². The third kappa shape index (κ3) is 4.00. The molecule has 0 aliphatic heterocycles. The molecule has 0 aromatic heterocycles. The summed E-state index contributed by atoms with van der Waals surface area (Å²) in [5.41, 5.74) is 7.92. The zero-order chi connectivity index (χ0) is 13.7. The Morgan fingerprint density at radius 1 is 1.16 bits per heavy atom. The highest BCUT2D eigenvalue weighted by atomic mass is 35.5. The maximum Gasteiger partial charge on any atom is 0.196 e. The van der Waals surface area contributed by atoms with E-state index in [9.17, 15) is 0 Å². The van der Waals surface area contributed by atoms with Crippen LogP contribution in [0.25, 0.3) is 0 Å². The van der Waals surface area contributed by atoms with Crippen molar-refractivity contribution >= 4 is 23.2 Å². The predicted molar refractivity (Wildman–Crippen MR) is 80.6 cm³/mol. The van der Waals surface area contributed by atoms with Crippen molar-refractivity contribution in [2.45, 2.75) is 6.54 Å². The number of rotatable bonds is 3. The van der Waals surface area contributed by atoms with E-state index in [4.69, 9.17) is 17.3 Å². The molecule has 0 aliphatic carbocycles. The molecule has 0 saturated carbocycles. The number of para-hydroxylation sites is 1. The molecule has 0 spiro atoms. The standard InChI is InChI=1S/C15H16ClN3/c1-19(11-12-6-5-7-13(16)10-12)15(17)18-14-8-3-2-4-9-14/h2-10H,11H2,1H3,(H2,17,18). The number of hydrogen-bond acceptors (Lipinski definition) is 1. The maximum atomic E-state index is 5.98. The second-order valence-corrected chi connectivity index (χ2v) is 4.73. The highest BCUT2D eigenvalue weighted by Crippen LogP contribution is 2.13. The first kappa shape index (κ1) is 13.4. The molecule has 0 unspecified atom stereocenters. The second-order valence-electron chi connectivity index (χ2n) is 4.29. The lowest BCUT2D eigenvalue weighted by atomic mass is 10.2. The molecule has 0 aliphatic rings. The Labute approximate surface area is 118 Å². The molecule has 98 valence electrons. The van der Waals surface area contributed by atoms with Crippen molar-refractivity contribution in [1.29, 1.82) is 0 Å². The third-order valence-electron chi connectivity index (χ3n) is 2.70. The quantitative estimate of drug-likeness (QED) is 0.688. The lowest BCUT2D eigenvalue weighted by Crippen LogP contribution is -2.33. The van der Waals surface area contributed by atoms with Crippen LogP contribution in [0.2, 0.25) is 5.02 Å². The van der Waals surface area contributed by atoms with Crippen LogP contribution < -0.4 is 5.73 Å². The number of aliphatic imine (C=N–C) groups is 1. The average molecular weight is 274 g/mol. The Morgan fingerprint density at radius 3 is 2.58 bits per heavy atom. The summed E-state index contributed by atoms with van der Waals surface area (Å²) in [7, 11) is 1.91. The number of hydrogen-bond donors (Lipinski definition) is 1. The average Bonchev–Trinajstić information content (AvgIpc) is 2.40. The van der Waals surface area contributed by atoms with E-state index in [2.05, 4.69) is 4.99 Å². The molecule has 2 aromatic carbocycles. The van der Waals surface area contributed by atoms with Crippen LogP contribution in [0.4, 0.5) is 5.69 Å². The summed E-state index contributed by atoms with van der Waals surface area (Å²) in [5.74, 6) is 0.478. The summed E-state index contributed by atoms with van der Waals surface area (Å²) in [6.07, 6.45) is 0. The van der Waals surface area contributed by atoms with Gasteiger partial charge in [-0.25, -0.2) is 4.99 Å². The summed E-state index contributed by atoms with van der Waals surface area (Å²) in [5, 5.41) is 0.726. The molecule has 3 nitrogen and oxygen atoms in total. The molecule has 0 fully saturated rings. The van der Waals surface area contributed by atoms with Crippen molar-refractivity contribution in [3.8, 4) is 0 Å². The molecule has 0 saturated heterocycles. The van der Waals surface area contributed by atoms with Gasteiger partial charge in [0.2, 0.25) is 0 Å². The van der Waals surface area contributed by atoms with E-state index >= 15 is 0 Å². The first-order valence-corrected chi connectivity index (χ1v) is 6.38. The van der Waals surface area contributed by atoms with E-state index in [1.165, 1.54) is 0 Å². The van der Waals surface area contributed by atoms with Crippen LogP contribution in [0.3, 0.4) is 0 Å². The SMILES string of the molecule is CN(Cc1cccc(Cl)c1)C(N)=Nc1ccccc1. The molecule has 19 heavy (non-hydrogen) atoms. The molecule has 2 N–H and O–H groups in total. The van der Waals surface area contributed by atoms with E-state index in [1.54, 1.807) is 0 Å². The zero-order valence-electron chi connectivity index (χ0n) is 10.8. The van der Waals surface area contributed by atoms with Gasteiger partial charge in [0.05, 0.1) is 5.69 Å². The van der Waals surface area contributed by atoms with Crippen LogP contribution in [-0.2, 0) is 6.54 Å². The van der Waals surface area contributed by atoms with Crippen molar-refractivity contribution in [2.24, 2.45) is 10.7 Å². The van der Waals surface area contributed by atoms with Gasteiger partial charge in [-0.1, -0.05) is 41.9 Å². The van der Waals surface area contributed by atoms with E-state index < -0.39 is 0 Å². The number of benzene rings is 2. The van der Waals surface area contributed by atoms with Gasteiger partial charge < -0.3 is 10.6 Å². The molecule has 0 atom stereocenters. The molecular weight excluding hydrogens is 258 g/mol. The Kier molecular flexibility index (Phi) is 4.42. The topological polar surface area (TPSA) is 41.6 Å². The van der Waals surface area contributed by atoms with Crippen molar-refractivity contribution < 1.29 is 0 Å². The van der Waals surface area contributed by atoms with Gasteiger partial charge in [-0.3, -0.25) is 0 Å². The van der Waals surface area contributed by atoms with Crippen LogP contribution in [0.1, 0.15) is 5.56 Å². The van der Waals surface area contributed by atoms with Gasteiger partial charge in [0.25, 0.3) is 0 Å². The van der Waals surface area contributed by atoms with Crippen molar-refractivity contribution in [3.05, 3.63) is 65.2 Å². The monoisotopic (exact) mass is 273 g/mol. The minimum absolute atomic E-state index is 0.478. The summed E-state index contributed by atoms with van der Waals surface area (Å²) in [6.45, 7) is 0.669. The number of nitrogens with two attached hydrogens (primary N) is 1. The van der Waals surface area contributed by atoms with E-state index in [-0.39, 0.29) is 0 Å². The summed E-state index contributed by atoms with van der Waals surface area (Å²) >= 11 is 5.96. The van der Waals surface area contributed by atoms with E-state index in [1.807, 2.05) is 66.5 Å². The fourth-order valence-electron chi connectivity index (χ4n) is 1.71. The minimum Gasteiger partial charge on any atom is -0.369 e. The van der Waals surface area contributed by atoms with Crippen LogP contribution in [0.5, 0.6) is 0 Å². The molecule has 0 radical (unpaired) electrons. The summed E-state index contributed by atoms with van der Waals surface area (Å²) in [4.78, 5) is 6.25. The first-order chi connectivity index (χ1) is 9.15. The third-order valence-corrected chi connectivity index (χ3v) is 2.93. The van der Waals surface area contributed by atoms with Crippen LogP contribution in [-0.4, -0.2) is 17.9 Å². The molecule has 0 bridgehead atoms. The molecule has 2 aromatic rings. The van der Waals surface area contributed by atoms with Gasteiger partial charge >= 0.3 is 0 Å². The van der Waals surface area contributed by atoms with Crippen molar-refractivity contribution in [1.82, 2.24) is 4.90 Å². The highest BCUT2D eigenvalue weighted by Gasteiger charge is 2.03. The molecule has 0 amide bonds. The Morgan fingerprint density at radius 2 is 1.89 bits per heavy atom. The van der Waals surface area contributed by atoms with Crippen LogP contribution >= 0.6 is 11.6 Å². The molecule has 2 rings (SSSR count). The Bertz CT molecular complexity index is 567. The fourth-order valence-corrected chi connectivity index (χ4v) is 1.92.